The fourth-order valence-electron chi connectivity index (χ4n) is 3.93. The third kappa shape index (κ3) is 3.89. The van der Waals surface area contributed by atoms with Crippen LogP contribution in [0.2, 0.25) is 5.02 Å². The Kier molecular flexibility index (Phi) is 5.71. The van der Waals surface area contributed by atoms with Crippen molar-refractivity contribution in [1.82, 2.24) is 9.88 Å². The molecule has 1 aliphatic heterocycles. The van der Waals surface area contributed by atoms with Crippen molar-refractivity contribution in [2.75, 3.05) is 25.9 Å². The van der Waals surface area contributed by atoms with Gasteiger partial charge in [0.2, 0.25) is 5.91 Å². The maximum absolute atomic E-state index is 12.9. The molecule has 30 heavy (non-hydrogen) atoms. The van der Waals surface area contributed by atoms with Gasteiger partial charge in [-0.25, -0.2) is 9.78 Å². The van der Waals surface area contributed by atoms with Crippen LogP contribution in [0.5, 0.6) is 5.75 Å². The van der Waals surface area contributed by atoms with Gasteiger partial charge in [0.25, 0.3) is 0 Å². The molecule has 9 heteroatoms. The Morgan fingerprint density at radius 3 is 2.77 bits per heavy atom. The highest BCUT2D eigenvalue weighted by molar-refractivity contribution is 7.13. The van der Waals surface area contributed by atoms with Gasteiger partial charge >= 0.3 is 5.63 Å². The molecule has 1 amide bonds. The molecule has 0 bridgehead atoms. The summed E-state index contributed by atoms with van der Waals surface area (Å²) >= 11 is 7.67. The van der Waals surface area contributed by atoms with Crippen LogP contribution < -0.4 is 16.1 Å². The largest absolute Gasteiger partial charge is 0.495 e. The van der Waals surface area contributed by atoms with Gasteiger partial charge in [0.05, 0.1) is 29.8 Å². The number of methoxy groups -OCH3 is 1. The second-order valence-corrected chi connectivity index (χ2v) is 8.72. The van der Waals surface area contributed by atoms with Gasteiger partial charge in [0.1, 0.15) is 11.3 Å². The first-order chi connectivity index (χ1) is 14.4. The highest BCUT2D eigenvalue weighted by Crippen LogP contribution is 2.32. The number of carbonyl (C=O) groups excluding carboxylic acids is 1. The molecule has 0 unspecified atom stereocenters. The average molecular weight is 448 g/mol. The number of hydrogen-bond donors (Lipinski definition) is 1. The molecule has 0 atom stereocenters. The number of nitrogens with two attached hydrogens (primary N) is 1. The lowest BCUT2D eigenvalue weighted by molar-refractivity contribution is -0.131. The van der Waals surface area contributed by atoms with Gasteiger partial charge in [0, 0.05) is 35.8 Å². The Labute approximate surface area is 182 Å². The molecule has 1 fully saturated rings. The number of nitrogen functional groups attached to an aromatic ring is 1. The van der Waals surface area contributed by atoms with Gasteiger partial charge in [-0.3, -0.25) is 4.79 Å². The molecule has 1 aliphatic rings. The quantitative estimate of drug-likeness (QED) is 0.611. The van der Waals surface area contributed by atoms with Crippen molar-refractivity contribution in [3.63, 3.8) is 0 Å². The Bertz CT molecular complexity index is 1170. The lowest BCUT2D eigenvalue weighted by Gasteiger charge is -2.31. The number of nitrogens with zero attached hydrogens (tertiary/aromatic N) is 2. The Hall–Kier alpha value is -2.58. The normalized spacial score (nSPS) is 15.0. The van der Waals surface area contributed by atoms with Crippen LogP contribution in [0.4, 0.5) is 5.13 Å². The van der Waals surface area contributed by atoms with Crippen LogP contribution in [-0.2, 0) is 11.2 Å². The number of halogens is 1. The third-order valence-corrected chi connectivity index (χ3v) is 6.68. The van der Waals surface area contributed by atoms with Crippen LogP contribution in [0.1, 0.15) is 35.6 Å². The molecule has 3 heterocycles. The van der Waals surface area contributed by atoms with Gasteiger partial charge in [0.15, 0.2) is 5.13 Å². The van der Waals surface area contributed by atoms with E-state index < -0.39 is 5.63 Å². The number of carbonyl (C=O) groups is 1. The van der Waals surface area contributed by atoms with E-state index in [1.165, 1.54) is 18.4 Å². The minimum Gasteiger partial charge on any atom is -0.495 e. The molecule has 158 valence electrons. The van der Waals surface area contributed by atoms with Gasteiger partial charge in [-0.1, -0.05) is 11.6 Å². The molecule has 1 aromatic carbocycles. The Balaban J connectivity index is 1.51. The molecular formula is C21H22ClN3O4S. The van der Waals surface area contributed by atoms with E-state index in [4.69, 9.17) is 26.5 Å². The number of ether oxygens (including phenoxy) is 1. The molecule has 2 aromatic heterocycles. The number of thiazole rings is 1. The van der Waals surface area contributed by atoms with Crippen LogP contribution in [0.3, 0.4) is 0 Å². The molecule has 0 saturated carbocycles. The summed E-state index contributed by atoms with van der Waals surface area (Å²) in [6, 6.07) is 3.29. The van der Waals surface area contributed by atoms with E-state index in [9.17, 15) is 9.59 Å². The molecule has 3 aromatic rings. The van der Waals surface area contributed by atoms with E-state index >= 15 is 0 Å². The van der Waals surface area contributed by atoms with E-state index in [0.29, 0.717) is 57.0 Å². The molecule has 4 rings (SSSR count). The van der Waals surface area contributed by atoms with Gasteiger partial charge in [-0.15, -0.1) is 11.3 Å². The lowest BCUT2D eigenvalue weighted by Crippen LogP contribution is -2.39. The number of anilines is 1. The van der Waals surface area contributed by atoms with Crippen LogP contribution in [0, 0.1) is 6.92 Å². The van der Waals surface area contributed by atoms with Crippen molar-refractivity contribution < 1.29 is 13.9 Å². The topological polar surface area (TPSA) is 98.7 Å². The molecule has 1 saturated heterocycles. The summed E-state index contributed by atoms with van der Waals surface area (Å²) in [4.78, 5) is 31.6. The van der Waals surface area contributed by atoms with E-state index in [2.05, 4.69) is 4.98 Å². The Morgan fingerprint density at radius 2 is 2.13 bits per heavy atom. The van der Waals surface area contributed by atoms with Crippen molar-refractivity contribution in [1.29, 1.82) is 0 Å². The summed E-state index contributed by atoms with van der Waals surface area (Å²) in [5, 5.41) is 3.67. The smallest absolute Gasteiger partial charge is 0.340 e. The van der Waals surface area contributed by atoms with Crippen molar-refractivity contribution in [3.8, 4) is 5.75 Å². The van der Waals surface area contributed by atoms with Crippen LogP contribution in [0.15, 0.2) is 26.7 Å². The number of amides is 1. The standard InChI is InChI=1S/C21H22ClN3O4S/c1-11-13-7-15(22)18(28-2)9-17(13)29-20(27)14(11)8-19(26)25-5-3-12(4-6-25)16-10-30-21(23)24-16/h7,9-10,12H,3-6,8H2,1-2H3,(H2,23,24). The van der Waals surface area contributed by atoms with Crippen molar-refractivity contribution in [3.05, 3.63) is 49.8 Å². The van der Waals surface area contributed by atoms with Gasteiger partial charge < -0.3 is 19.8 Å². The predicted octanol–water partition coefficient (Wildman–Crippen LogP) is 3.75. The first-order valence-electron chi connectivity index (χ1n) is 9.66. The summed E-state index contributed by atoms with van der Waals surface area (Å²) in [5.41, 5.74) is 7.68. The molecular weight excluding hydrogens is 426 g/mol. The summed E-state index contributed by atoms with van der Waals surface area (Å²) < 4.78 is 10.6. The van der Waals surface area contributed by atoms with Crippen LogP contribution in [0.25, 0.3) is 11.0 Å². The Morgan fingerprint density at radius 1 is 1.40 bits per heavy atom. The molecule has 0 radical (unpaired) electrons. The van der Waals surface area contributed by atoms with E-state index in [1.807, 2.05) is 12.3 Å². The third-order valence-electron chi connectivity index (χ3n) is 5.69. The summed E-state index contributed by atoms with van der Waals surface area (Å²) in [5.74, 6) is 0.660. The molecule has 2 N–H and O–H groups in total. The van der Waals surface area contributed by atoms with Crippen molar-refractivity contribution in [2.24, 2.45) is 0 Å². The number of likely N-dealkylation sites (tertiary alicyclic amines) is 1. The number of aryl methyl sites for hydroxylation is 1. The zero-order valence-electron chi connectivity index (χ0n) is 16.7. The maximum Gasteiger partial charge on any atom is 0.340 e. The fourth-order valence-corrected chi connectivity index (χ4v) is 4.81. The minimum atomic E-state index is -0.509. The number of aromatic nitrogens is 1. The fraction of sp³-hybridized carbons (Fsp3) is 0.381. The average Bonchev–Trinajstić information content (AvgIpc) is 3.17. The SMILES string of the molecule is COc1cc2oc(=O)c(CC(=O)N3CCC(c4csc(N)n4)CC3)c(C)c2cc1Cl. The monoisotopic (exact) mass is 447 g/mol. The number of piperidine rings is 1. The van der Waals surface area contributed by atoms with E-state index in [1.54, 1.807) is 17.0 Å². The zero-order valence-corrected chi connectivity index (χ0v) is 18.3. The number of hydrogen-bond acceptors (Lipinski definition) is 7. The highest BCUT2D eigenvalue weighted by atomic mass is 35.5. The minimum absolute atomic E-state index is 0.00205. The lowest BCUT2D eigenvalue weighted by atomic mass is 9.93. The first kappa shape index (κ1) is 20.7. The van der Waals surface area contributed by atoms with Gasteiger partial charge in [-0.05, 0) is 31.4 Å². The highest BCUT2D eigenvalue weighted by Gasteiger charge is 2.26. The number of rotatable bonds is 4. The predicted molar refractivity (Wildman–Crippen MR) is 118 cm³/mol. The van der Waals surface area contributed by atoms with Crippen molar-refractivity contribution >= 4 is 44.9 Å². The summed E-state index contributed by atoms with van der Waals surface area (Å²) in [6.45, 7) is 3.06. The zero-order chi connectivity index (χ0) is 21.4. The van der Waals surface area contributed by atoms with Crippen LogP contribution >= 0.6 is 22.9 Å². The second kappa shape index (κ2) is 8.28. The first-order valence-corrected chi connectivity index (χ1v) is 10.9. The van der Waals surface area contributed by atoms with E-state index in [0.717, 1.165) is 18.5 Å². The van der Waals surface area contributed by atoms with Gasteiger partial charge in [-0.2, -0.15) is 0 Å². The molecule has 0 spiro atoms. The molecule has 7 nitrogen and oxygen atoms in total. The number of fused-ring (bicyclic) bond motifs is 1. The second-order valence-electron chi connectivity index (χ2n) is 7.42. The number of benzene rings is 1. The molecule has 0 aliphatic carbocycles. The van der Waals surface area contributed by atoms with Crippen LogP contribution in [-0.4, -0.2) is 36.0 Å². The maximum atomic E-state index is 12.9. The summed E-state index contributed by atoms with van der Waals surface area (Å²) in [7, 11) is 1.50. The van der Waals surface area contributed by atoms with Crippen molar-refractivity contribution in [2.45, 2.75) is 32.1 Å². The van der Waals surface area contributed by atoms with E-state index in [-0.39, 0.29) is 12.3 Å². The summed E-state index contributed by atoms with van der Waals surface area (Å²) in [6.07, 6.45) is 1.66.